The molecule has 0 heterocycles. The monoisotopic (exact) mass is 246 g/mol. The van der Waals surface area contributed by atoms with Crippen molar-refractivity contribution in [1.82, 2.24) is 5.32 Å². The van der Waals surface area contributed by atoms with Gasteiger partial charge in [0.25, 0.3) is 0 Å². The fourth-order valence-corrected chi connectivity index (χ4v) is 2.76. The third-order valence-corrected chi connectivity index (χ3v) is 3.69. The molecule has 3 heteroatoms. The molecule has 1 aromatic carbocycles. The largest absolute Gasteiger partial charge is 0.370 e. The molecule has 1 atom stereocenters. The van der Waals surface area contributed by atoms with E-state index in [4.69, 9.17) is 5.73 Å². The van der Waals surface area contributed by atoms with Gasteiger partial charge in [-0.25, -0.2) is 0 Å². The van der Waals surface area contributed by atoms with Crippen molar-refractivity contribution in [3.05, 3.63) is 35.4 Å². The van der Waals surface area contributed by atoms with Crippen LogP contribution < -0.4 is 11.1 Å². The predicted octanol–water partition coefficient (Wildman–Crippen LogP) is 1.64. The molecule has 0 saturated carbocycles. The van der Waals surface area contributed by atoms with Gasteiger partial charge < -0.3 is 11.1 Å². The Bertz CT molecular complexity index is 392. The number of rotatable bonds is 6. The van der Waals surface area contributed by atoms with E-state index >= 15 is 0 Å². The molecular weight excluding hydrogens is 224 g/mol. The Morgan fingerprint density at radius 2 is 2.00 bits per heavy atom. The first-order chi connectivity index (χ1) is 8.65. The molecule has 1 amide bonds. The smallest absolute Gasteiger partial charge is 0.218 e. The summed E-state index contributed by atoms with van der Waals surface area (Å²) < 4.78 is 0. The van der Waals surface area contributed by atoms with Gasteiger partial charge in [0, 0.05) is 12.5 Å². The average Bonchev–Trinajstić information content (AvgIpc) is 2.70. The summed E-state index contributed by atoms with van der Waals surface area (Å²) in [5.41, 5.74) is 8.18. The van der Waals surface area contributed by atoms with Crippen LogP contribution in [0.15, 0.2) is 24.3 Å². The van der Waals surface area contributed by atoms with Crippen molar-refractivity contribution in [2.75, 3.05) is 6.54 Å². The minimum Gasteiger partial charge on any atom is -0.370 e. The molecule has 0 bridgehead atoms. The number of primary amides is 1. The summed E-state index contributed by atoms with van der Waals surface area (Å²) in [6.45, 7) is 2.97. The molecule has 3 nitrogen and oxygen atoms in total. The topological polar surface area (TPSA) is 55.1 Å². The van der Waals surface area contributed by atoms with Crippen LogP contribution in [0.1, 0.15) is 30.9 Å². The number of nitrogens with one attached hydrogen (secondary N) is 1. The predicted molar refractivity (Wildman–Crippen MR) is 73.2 cm³/mol. The lowest BCUT2D eigenvalue weighted by Crippen LogP contribution is -2.32. The maximum absolute atomic E-state index is 10.8. The second-order valence-electron chi connectivity index (χ2n) is 5.36. The molecule has 0 spiro atoms. The quantitative estimate of drug-likeness (QED) is 0.802. The first-order valence-electron chi connectivity index (χ1n) is 6.73. The third kappa shape index (κ3) is 3.57. The van der Waals surface area contributed by atoms with E-state index < -0.39 is 0 Å². The molecule has 1 aliphatic carbocycles. The van der Waals surface area contributed by atoms with Crippen molar-refractivity contribution >= 4 is 5.91 Å². The van der Waals surface area contributed by atoms with Crippen LogP contribution in [0.4, 0.5) is 0 Å². The van der Waals surface area contributed by atoms with Crippen LogP contribution in [-0.4, -0.2) is 18.5 Å². The normalized spacial score (nSPS) is 16.5. The number of nitrogens with two attached hydrogens (primary N) is 1. The SMILES string of the molecule is C[C@@H](CC(N)=O)NCCC1Cc2ccccc2C1. The summed E-state index contributed by atoms with van der Waals surface area (Å²) in [4.78, 5) is 10.8. The number of hydrogen-bond donors (Lipinski definition) is 2. The van der Waals surface area contributed by atoms with Crippen LogP contribution in [0.3, 0.4) is 0 Å². The van der Waals surface area contributed by atoms with E-state index in [1.807, 2.05) is 6.92 Å². The van der Waals surface area contributed by atoms with E-state index in [0.29, 0.717) is 6.42 Å². The lowest BCUT2D eigenvalue weighted by Gasteiger charge is -2.14. The van der Waals surface area contributed by atoms with Gasteiger partial charge >= 0.3 is 0 Å². The van der Waals surface area contributed by atoms with Gasteiger partial charge in [0.15, 0.2) is 0 Å². The Balaban J connectivity index is 1.69. The molecule has 0 fully saturated rings. The summed E-state index contributed by atoms with van der Waals surface area (Å²) in [5, 5.41) is 3.37. The van der Waals surface area contributed by atoms with Crippen molar-refractivity contribution in [3.63, 3.8) is 0 Å². The average molecular weight is 246 g/mol. The third-order valence-electron chi connectivity index (χ3n) is 3.69. The Morgan fingerprint density at radius 1 is 1.39 bits per heavy atom. The minimum absolute atomic E-state index is 0.186. The number of fused-ring (bicyclic) bond motifs is 1. The Labute approximate surface area is 109 Å². The van der Waals surface area contributed by atoms with E-state index in [-0.39, 0.29) is 11.9 Å². The zero-order valence-electron chi connectivity index (χ0n) is 11.0. The van der Waals surface area contributed by atoms with E-state index in [0.717, 1.165) is 18.9 Å². The van der Waals surface area contributed by atoms with Gasteiger partial charge in [0.05, 0.1) is 0 Å². The molecule has 18 heavy (non-hydrogen) atoms. The van der Waals surface area contributed by atoms with Crippen molar-refractivity contribution in [1.29, 1.82) is 0 Å². The Morgan fingerprint density at radius 3 is 2.56 bits per heavy atom. The molecule has 1 aliphatic rings. The molecule has 0 aliphatic heterocycles. The molecule has 98 valence electrons. The number of carbonyl (C=O) groups is 1. The maximum Gasteiger partial charge on any atom is 0.218 e. The van der Waals surface area contributed by atoms with Crippen molar-refractivity contribution < 1.29 is 4.79 Å². The van der Waals surface area contributed by atoms with Crippen LogP contribution in [0, 0.1) is 5.92 Å². The fraction of sp³-hybridized carbons (Fsp3) is 0.533. The van der Waals surface area contributed by atoms with Gasteiger partial charge in [0.1, 0.15) is 0 Å². The lowest BCUT2D eigenvalue weighted by molar-refractivity contribution is -0.118. The maximum atomic E-state index is 10.8. The van der Waals surface area contributed by atoms with Crippen LogP contribution >= 0.6 is 0 Å². The molecule has 3 N–H and O–H groups in total. The van der Waals surface area contributed by atoms with Crippen LogP contribution in [-0.2, 0) is 17.6 Å². The van der Waals surface area contributed by atoms with Crippen LogP contribution in [0.5, 0.6) is 0 Å². The van der Waals surface area contributed by atoms with Gasteiger partial charge in [-0.1, -0.05) is 24.3 Å². The number of benzene rings is 1. The summed E-state index contributed by atoms with van der Waals surface area (Å²) in [6, 6.07) is 8.89. The Hall–Kier alpha value is -1.35. The van der Waals surface area contributed by atoms with E-state index in [9.17, 15) is 4.79 Å². The zero-order valence-corrected chi connectivity index (χ0v) is 11.0. The highest BCUT2D eigenvalue weighted by atomic mass is 16.1. The zero-order chi connectivity index (χ0) is 13.0. The highest BCUT2D eigenvalue weighted by Crippen LogP contribution is 2.28. The van der Waals surface area contributed by atoms with Gasteiger partial charge in [0.2, 0.25) is 5.91 Å². The summed E-state index contributed by atoms with van der Waals surface area (Å²) in [5.74, 6) is 0.513. The molecule has 0 radical (unpaired) electrons. The van der Waals surface area contributed by atoms with E-state index in [1.165, 1.54) is 24.0 Å². The van der Waals surface area contributed by atoms with Gasteiger partial charge in [-0.3, -0.25) is 4.79 Å². The van der Waals surface area contributed by atoms with Crippen molar-refractivity contribution in [3.8, 4) is 0 Å². The summed E-state index contributed by atoms with van der Waals surface area (Å²) in [7, 11) is 0. The molecule has 0 unspecified atom stereocenters. The van der Waals surface area contributed by atoms with Gasteiger partial charge in [-0.05, 0) is 49.8 Å². The number of hydrogen-bond acceptors (Lipinski definition) is 2. The van der Waals surface area contributed by atoms with Crippen LogP contribution in [0.25, 0.3) is 0 Å². The minimum atomic E-state index is -0.233. The van der Waals surface area contributed by atoms with E-state index in [2.05, 4.69) is 29.6 Å². The highest BCUT2D eigenvalue weighted by Gasteiger charge is 2.20. The molecular formula is C15H22N2O. The first-order valence-corrected chi connectivity index (χ1v) is 6.73. The molecule has 1 aromatic rings. The van der Waals surface area contributed by atoms with Crippen LogP contribution in [0.2, 0.25) is 0 Å². The lowest BCUT2D eigenvalue weighted by atomic mass is 10.0. The summed E-state index contributed by atoms with van der Waals surface area (Å²) >= 11 is 0. The van der Waals surface area contributed by atoms with Gasteiger partial charge in [-0.2, -0.15) is 0 Å². The number of carbonyl (C=O) groups excluding carboxylic acids is 1. The molecule has 2 rings (SSSR count). The second kappa shape index (κ2) is 6.01. The first kappa shape index (κ1) is 13.1. The molecule has 0 saturated heterocycles. The fourth-order valence-electron chi connectivity index (χ4n) is 2.76. The van der Waals surface area contributed by atoms with Crippen molar-refractivity contribution in [2.45, 2.75) is 38.6 Å². The van der Waals surface area contributed by atoms with Gasteiger partial charge in [-0.15, -0.1) is 0 Å². The van der Waals surface area contributed by atoms with E-state index in [1.54, 1.807) is 0 Å². The summed E-state index contributed by atoms with van der Waals surface area (Å²) in [6.07, 6.45) is 3.98. The van der Waals surface area contributed by atoms with Crippen molar-refractivity contribution in [2.24, 2.45) is 11.7 Å². The Kier molecular flexibility index (Phi) is 4.37. The molecule has 0 aromatic heterocycles. The highest BCUT2D eigenvalue weighted by molar-refractivity contribution is 5.74. The number of amides is 1. The standard InChI is InChI=1S/C15H22N2O/c1-11(8-15(16)18)17-7-6-12-9-13-4-2-3-5-14(13)10-12/h2-5,11-12,17H,6-10H2,1H3,(H2,16,18)/t11-/m0/s1. The second-order valence-corrected chi connectivity index (χ2v) is 5.36.